The van der Waals surface area contributed by atoms with E-state index < -0.39 is 47.9 Å². The van der Waals surface area contributed by atoms with Crippen LogP contribution in [0, 0.1) is 0 Å². The van der Waals surface area contributed by atoms with Crippen LogP contribution in [-0.4, -0.2) is 63.7 Å². The quantitative estimate of drug-likeness (QED) is 0.109. The number of benzene rings is 3. The third-order valence-corrected chi connectivity index (χ3v) is 7.47. The molecule has 0 unspecified atom stereocenters. The second-order valence-electron chi connectivity index (χ2n) is 10.3. The highest BCUT2D eigenvalue weighted by molar-refractivity contribution is 7.80. The Morgan fingerprint density at radius 2 is 1.19 bits per heavy atom. The normalized spacial score (nSPS) is 13.8. The van der Waals surface area contributed by atoms with Gasteiger partial charge in [-0.2, -0.15) is 12.6 Å². The number of hydrogen-bond acceptors (Lipinski definition) is 6. The van der Waals surface area contributed by atoms with Crippen molar-refractivity contribution in [2.75, 3.05) is 5.75 Å². The number of rotatable bonds is 14. The van der Waals surface area contributed by atoms with Crippen LogP contribution < -0.4 is 21.7 Å². The van der Waals surface area contributed by atoms with Gasteiger partial charge in [0.25, 0.3) is 0 Å². The number of hydrogen-bond donors (Lipinski definition) is 7. The number of carbonyl (C=O) groups is 4. The molecule has 4 aromatic rings. The molecule has 0 bridgehead atoms. The van der Waals surface area contributed by atoms with Crippen LogP contribution in [0.2, 0.25) is 0 Å². The molecule has 3 aromatic carbocycles. The average molecular weight is 602 g/mol. The number of aliphatic carboxylic acids is 1. The van der Waals surface area contributed by atoms with Crippen LogP contribution in [0.4, 0.5) is 0 Å². The largest absolute Gasteiger partial charge is 0.480 e. The Balaban J connectivity index is 1.60. The number of nitrogens with two attached hydrogens (primary N) is 1. The highest BCUT2D eigenvalue weighted by Gasteiger charge is 2.31. The Kier molecular flexibility index (Phi) is 11.0. The SMILES string of the molecule is N[C@@H](CS)C(=O)N[C@@H](Cc1ccccc1)C(=O)N[C@@H](Cc1c[nH]c2ccccc12)C(=O)N[C@@H](Cc1ccccc1)C(=O)O. The Bertz CT molecular complexity index is 1550. The summed E-state index contributed by atoms with van der Waals surface area (Å²) in [6.07, 6.45) is 2.03. The molecule has 1 aromatic heterocycles. The summed E-state index contributed by atoms with van der Waals surface area (Å²) in [5.41, 5.74) is 8.98. The Morgan fingerprint density at radius 1 is 0.698 bits per heavy atom. The molecule has 10 nitrogen and oxygen atoms in total. The molecule has 224 valence electrons. The number of amides is 3. The zero-order chi connectivity index (χ0) is 30.8. The van der Waals surface area contributed by atoms with Crippen molar-refractivity contribution in [3.05, 3.63) is 108 Å². The van der Waals surface area contributed by atoms with Gasteiger partial charge in [-0.05, 0) is 22.8 Å². The third kappa shape index (κ3) is 8.69. The van der Waals surface area contributed by atoms with Gasteiger partial charge in [0.1, 0.15) is 18.1 Å². The molecule has 3 amide bonds. The van der Waals surface area contributed by atoms with Gasteiger partial charge in [0.05, 0.1) is 6.04 Å². The summed E-state index contributed by atoms with van der Waals surface area (Å²) < 4.78 is 0. The van der Waals surface area contributed by atoms with E-state index in [0.29, 0.717) is 0 Å². The van der Waals surface area contributed by atoms with Gasteiger partial charge in [0, 0.05) is 42.1 Å². The molecule has 0 fully saturated rings. The number of carboxylic acids is 1. The summed E-state index contributed by atoms with van der Waals surface area (Å²) in [6, 6.07) is 21.2. The number of fused-ring (bicyclic) bond motifs is 1. The second-order valence-corrected chi connectivity index (χ2v) is 10.6. The number of thiol groups is 1. The second kappa shape index (κ2) is 15.0. The van der Waals surface area contributed by atoms with E-state index in [1.165, 1.54) is 0 Å². The highest BCUT2D eigenvalue weighted by Crippen LogP contribution is 2.19. The molecule has 0 aliphatic carbocycles. The van der Waals surface area contributed by atoms with Gasteiger partial charge >= 0.3 is 5.97 Å². The molecule has 0 saturated heterocycles. The fourth-order valence-corrected chi connectivity index (χ4v) is 4.91. The van der Waals surface area contributed by atoms with Crippen LogP contribution in [0.15, 0.2) is 91.1 Å². The Hall–Kier alpha value is -4.61. The van der Waals surface area contributed by atoms with Crippen LogP contribution in [0.3, 0.4) is 0 Å². The number of aromatic nitrogens is 1. The lowest BCUT2D eigenvalue weighted by Gasteiger charge is -2.25. The van der Waals surface area contributed by atoms with Gasteiger partial charge in [-0.1, -0.05) is 78.9 Å². The first-order chi connectivity index (χ1) is 20.7. The molecular weight excluding hydrogens is 566 g/mol. The fourth-order valence-electron chi connectivity index (χ4n) is 4.74. The molecule has 7 N–H and O–H groups in total. The van der Waals surface area contributed by atoms with Gasteiger partial charge < -0.3 is 31.8 Å². The molecular formula is C32H35N5O5S. The van der Waals surface area contributed by atoms with Crippen molar-refractivity contribution in [1.82, 2.24) is 20.9 Å². The summed E-state index contributed by atoms with van der Waals surface area (Å²) in [6.45, 7) is 0. The van der Waals surface area contributed by atoms with Gasteiger partial charge in [-0.25, -0.2) is 4.79 Å². The summed E-state index contributed by atoms with van der Waals surface area (Å²) in [7, 11) is 0. The molecule has 0 spiro atoms. The Labute approximate surface area is 254 Å². The minimum absolute atomic E-state index is 0.0595. The maximum absolute atomic E-state index is 13.7. The van der Waals surface area contributed by atoms with Crippen molar-refractivity contribution in [1.29, 1.82) is 0 Å². The zero-order valence-corrected chi connectivity index (χ0v) is 24.3. The monoisotopic (exact) mass is 601 g/mol. The smallest absolute Gasteiger partial charge is 0.326 e. The van der Waals surface area contributed by atoms with Crippen molar-refractivity contribution in [3.63, 3.8) is 0 Å². The van der Waals surface area contributed by atoms with E-state index in [4.69, 9.17) is 5.73 Å². The lowest BCUT2D eigenvalue weighted by atomic mass is 10.0. The van der Waals surface area contributed by atoms with Crippen molar-refractivity contribution >= 4 is 47.2 Å². The number of carboxylic acid groups (broad SMARTS) is 1. The summed E-state index contributed by atoms with van der Waals surface area (Å²) in [5, 5.41) is 18.8. The van der Waals surface area contributed by atoms with Crippen molar-refractivity contribution in [2.45, 2.75) is 43.4 Å². The zero-order valence-electron chi connectivity index (χ0n) is 23.4. The molecule has 4 rings (SSSR count). The summed E-state index contributed by atoms with van der Waals surface area (Å²) in [4.78, 5) is 55.4. The van der Waals surface area contributed by atoms with E-state index in [0.717, 1.165) is 27.6 Å². The van der Waals surface area contributed by atoms with Crippen LogP contribution >= 0.6 is 12.6 Å². The summed E-state index contributed by atoms with van der Waals surface area (Å²) >= 11 is 4.08. The van der Waals surface area contributed by atoms with Crippen LogP contribution in [0.1, 0.15) is 16.7 Å². The number of aromatic amines is 1. The maximum Gasteiger partial charge on any atom is 0.326 e. The molecule has 11 heteroatoms. The predicted molar refractivity (Wildman–Crippen MR) is 168 cm³/mol. The van der Waals surface area contributed by atoms with Crippen molar-refractivity contribution < 1.29 is 24.3 Å². The predicted octanol–water partition coefficient (Wildman–Crippen LogP) is 1.99. The Morgan fingerprint density at radius 3 is 1.77 bits per heavy atom. The van der Waals surface area contributed by atoms with Crippen LogP contribution in [0.25, 0.3) is 10.9 Å². The molecule has 1 heterocycles. The van der Waals surface area contributed by atoms with E-state index >= 15 is 0 Å². The van der Waals surface area contributed by atoms with E-state index in [2.05, 4.69) is 33.6 Å². The first kappa shape index (κ1) is 31.3. The van der Waals surface area contributed by atoms with E-state index in [1.807, 2.05) is 60.7 Å². The summed E-state index contributed by atoms with van der Waals surface area (Å²) in [5.74, 6) is -2.96. The number of H-pyrrole nitrogens is 1. The van der Waals surface area contributed by atoms with Gasteiger partial charge in [-0.15, -0.1) is 0 Å². The molecule has 0 aliphatic heterocycles. The standard InChI is InChI=1S/C32H35N5O5S/c33-24(19-43)29(38)35-26(15-20-9-3-1-4-10-20)30(39)36-27(17-22-18-34-25-14-8-7-13-23(22)25)31(40)37-28(32(41)42)16-21-11-5-2-6-12-21/h1-14,18,24,26-28,34,43H,15-17,19,33H2,(H,35,38)(H,36,39)(H,37,40)(H,41,42)/t24-,26-,27-,28-/m0/s1. The lowest BCUT2D eigenvalue weighted by molar-refractivity contribution is -0.142. The molecule has 0 radical (unpaired) electrons. The lowest BCUT2D eigenvalue weighted by Crippen LogP contribution is -2.58. The minimum atomic E-state index is -1.23. The topological polar surface area (TPSA) is 166 Å². The first-order valence-electron chi connectivity index (χ1n) is 13.9. The minimum Gasteiger partial charge on any atom is -0.480 e. The van der Waals surface area contributed by atoms with Gasteiger partial charge in [-0.3, -0.25) is 14.4 Å². The van der Waals surface area contributed by atoms with Gasteiger partial charge in [0.2, 0.25) is 17.7 Å². The van der Waals surface area contributed by atoms with E-state index in [1.54, 1.807) is 30.5 Å². The van der Waals surface area contributed by atoms with Crippen LogP contribution in [-0.2, 0) is 38.4 Å². The fraction of sp³-hybridized carbons (Fsp3) is 0.250. The molecule has 4 atom stereocenters. The number of para-hydroxylation sites is 1. The highest BCUT2D eigenvalue weighted by atomic mass is 32.1. The molecule has 43 heavy (non-hydrogen) atoms. The van der Waals surface area contributed by atoms with Crippen molar-refractivity contribution in [2.24, 2.45) is 5.73 Å². The maximum atomic E-state index is 13.7. The van der Waals surface area contributed by atoms with E-state index in [-0.39, 0.29) is 25.0 Å². The molecule has 0 aliphatic rings. The molecule has 0 saturated carbocycles. The number of nitrogens with one attached hydrogen (secondary N) is 4. The van der Waals surface area contributed by atoms with Gasteiger partial charge in [0.15, 0.2) is 0 Å². The third-order valence-electron chi connectivity index (χ3n) is 7.08. The van der Waals surface area contributed by atoms with E-state index in [9.17, 15) is 24.3 Å². The van der Waals surface area contributed by atoms with Crippen LogP contribution in [0.5, 0.6) is 0 Å². The number of carbonyl (C=O) groups excluding carboxylic acids is 3. The van der Waals surface area contributed by atoms with Crippen molar-refractivity contribution in [3.8, 4) is 0 Å². The first-order valence-corrected chi connectivity index (χ1v) is 14.5. The average Bonchev–Trinajstić information content (AvgIpc) is 3.43.